The molecular weight excluding hydrogens is 666 g/mol. The maximum Gasteiger partial charge on any atom is 0.287 e. The zero-order valence-electron chi connectivity index (χ0n) is 29.9. The quantitative estimate of drug-likeness (QED) is 0.216. The Bertz CT molecular complexity index is 1800. The number of nitrogens with one attached hydrogen (secondary N) is 2. The molecule has 6 rings (SSSR count). The van der Waals surface area contributed by atoms with E-state index in [1.165, 1.54) is 15.8 Å². The summed E-state index contributed by atoms with van der Waals surface area (Å²) in [4.78, 5) is 70.1. The van der Waals surface area contributed by atoms with E-state index in [1.807, 2.05) is 30.3 Å². The summed E-state index contributed by atoms with van der Waals surface area (Å²) in [5.74, 6) is -3.36. The molecule has 52 heavy (non-hydrogen) atoms. The molecule has 0 spiro atoms. The average Bonchev–Trinajstić information content (AvgIpc) is 3.75. The van der Waals surface area contributed by atoms with Gasteiger partial charge in [0.25, 0.3) is 11.8 Å². The zero-order valence-corrected chi connectivity index (χ0v) is 29.9. The first-order valence-corrected chi connectivity index (χ1v) is 18.3. The van der Waals surface area contributed by atoms with E-state index in [1.54, 1.807) is 26.0 Å². The van der Waals surface area contributed by atoms with Crippen molar-refractivity contribution in [1.29, 1.82) is 0 Å². The minimum Gasteiger partial charge on any atom is -0.384 e. The lowest BCUT2D eigenvalue weighted by atomic mass is 9.84. The smallest absolute Gasteiger partial charge is 0.287 e. The maximum absolute atomic E-state index is 14.9. The van der Waals surface area contributed by atoms with Crippen LogP contribution in [-0.2, 0) is 29.5 Å². The summed E-state index contributed by atoms with van der Waals surface area (Å²) in [5, 5.41) is 26.9. The standard InChI is InChI=1S/C38H49N7O7/c1-37(2,51)31-22-40-43-45(31)28-21-30(35(49)42-38(32(46)33(39)47)15-8-17-52-18-16-38)44(23-28)36(50)29(19-24-9-4-3-5-10-24)41-34(48)27-14-13-25-11-6-7-12-26(25)20-27/h6-7,11-14,20,22,24,28-30,51H,3-5,8-10,15-19,21,23H2,1-2H3,(H2,39,47)(H,41,48)(H,42,49)/t28-,29?,30-,38+/m0/s1. The Morgan fingerprint density at radius 2 is 1.77 bits per heavy atom. The fraction of sp³-hybridized carbons (Fsp3) is 0.553. The summed E-state index contributed by atoms with van der Waals surface area (Å²) in [5.41, 5.74) is 3.37. The van der Waals surface area contributed by atoms with Gasteiger partial charge in [-0.2, -0.15) is 0 Å². The van der Waals surface area contributed by atoms with Gasteiger partial charge in [0.05, 0.1) is 17.9 Å². The summed E-state index contributed by atoms with van der Waals surface area (Å²) in [6.45, 7) is 3.70. The third-order valence-corrected chi connectivity index (χ3v) is 10.9. The number of nitrogens with zero attached hydrogens (tertiary/aromatic N) is 4. The number of nitrogens with two attached hydrogens (primary N) is 1. The Morgan fingerprint density at radius 1 is 1.02 bits per heavy atom. The van der Waals surface area contributed by atoms with Gasteiger partial charge in [-0.15, -0.1) is 5.10 Å². The van der Waals surface area contributed by atoms with Crippen molar-refractivity contribution in [2.75, 3.05) is 19.8 Å². The Morgan fingerprint density at radius 3 is 2.50 bits per heavy atom. The first-order valence-electron chi connectivity index (χ1n) is 18.3. The molecule has 3 fully saturated rings. The lowest BCUT2D eigenvalue weighted by molar-refractivity contribution is -0.145. The van der Waals surface area contributed by atoms with E-state index < -0.39 is 58.7 Å². The molecule has 14 nitrogen and oxygen atoms in total. The fourth-order valence-electron chi connectivity index (χ4n) is 8.10. The number of aromatic nitrogens is 3. The predicted octanol–water partition coefficient (Wildman–Crippen LogP) is 2.68. The number of benzene rings is 2. The lowest BCUT2D eigenvalue weighted by Crippen LogP contribution is -2.62. The van der Waals surface area contributed by atoms with Gasteiger partial charge in [0.2, 0.25) is 17.6 Å². The second-order valence-electron chi connectivity index (χ2n) is 15.1. The number of aliphatic hydroxyl groups is 1. The molecule has 0 bridgehead atoms. The van der Waals surface area contributed by atoms with E-state index in [-0.39, 0.29) is 38.3 Å². The number of Topliss-reactive ketones (excluding diaryl/α,β-unsaturated/α-hetero) is 1. The van der Waals surface area contributed by atoms with Gasteiger partial charge in [-0.3, -0.25) is 24.0 Å². The molecule has 2 saturated heterocycles. The first-order chi connectivity index (χ1) is 24.9. The third kappa shape index (κ3) is 8.02. The first kappa shape index (κ1) is 37.1. The Kier molecular flexibility index (Phi) is 11.1. The summed E-state index contributed by atoms with van der Waals surface area (Å²) in [6, 6.07) is 10.5. The van der Waals surface area contributed by atoms with Gasteiger partial charge in [0.1, 0.15) is 23.2 Å². The van der Waals surface area contributed by atoms with Crippen LogP contribution in [-0.4, -0.2) is 91.8 Å². The molecule has 4 atom stereocenters. The Hall–Kier alpha value is -4.69. The second kappa shape index (κ2) is 15.5. The van der Waals surface area contributed by atoms with E-state index in [2.05, 4.69) is 20.9 Å². The normalized spacial score (nSPS) is 23.5. The Balaban J connectivity index is 1.34. The van der Waals surface area contributed by atoms with Crippen molar-refractivity contribution < 1.29 is 33.8 Å². The van der Waals surface area contributed by atoms with E-state index in [4.69, 9.17) is 10.5 Å². The molecule has 278 valence electrons. The molecule has 3 aromatic rings. The summed E-state index contributed by atoms with van der Waals surface area (Å²) >= 11 is 0. The van der Waals surface area contributed by atoms with Crippen LogP contribution in [0.5, 0.6) is 0 Å². The molecule has 0 radical (unpaired) electrons. The highest BCUT2D eigenvalue weighted by atomic mass is 16.5. The van der Waals surface area contributed by atoms with Crippen molar-refractivity contribution in [2.24, 2.45) is 11.7 Å². The van der Waals surface area contributed by atoms with Crippen LogP contribution in [0.1, 0.15) is 100 Å². The topological polar surface area (TPSA) is 199 Å². The third-order valence-electron chi connectivity index (χ3n) is 10.9. The number of likely N-dealkylation sites (tertiary alicyclic amines) is 1. The lowest BCUT2D eigenvalue weighted by Gasteiger charge is -2.35. The van der Waals surface area contributed by atoms with Gasteiger partial charge < -0.3 is 31.1 Å². The summed E-state index contributed by atoms with van der Waals surface area (Å²) < 4.78 is 7.08. The van der Waals surface area contributed by atoms with Crippen molar-refractivity contribution in [3.63, 3.8) is 0 Å². The van der Waals surface area contributed by atoms with Crippen LogP contribution < -0.4 is 16.4 Å². The van der Waals surface area contributed by atoms with Crippen LogP contribution in [0, 0.1) is 5.92 Å². The molecule has 2 aliphatic heterocycles. The monoisotopic (exact) mass is 715 g/mol. The van der Waals surface area contributed by atoms with E-state index in [0.717, 1.165) is 42.9 Å². The van der Waals surface area contributed by atoms with Crippen molar-refractivity contribution in [1.82, 2.24) is 30.5 Å². The maximum atomic E-state index is 14.9. The largest absolute Gasteiger partial charge is 0.384 e. The minimum atomic E-state index is -1.59. The van der Waals surface area contributed by atoms with Crippen LogP contribution in [0.4, 0.5) is 0 Å². The highest BCUT2D eigenvalue weighted by Gasteiger charge is 2.49. The van der Waals surface area contributed by atoms with Gasteiger partial charge >= 0.3 is 0 Å². The number of rotatable bonds is 11. The molecule has 1 unspecified atom stereocenters. The molecule has 1 aliphatic carbocycles. The number of hydrogen-bond acceptors (Lipinski definition) is 9. The second-order valence-corrected chi connectivity index (χ2v) is 15.1. The number of ketones is 1. The number of hydrogen-bond donors (Lipinski definition) is 4. The molecule has 5 N–H and O–H groups in total. The zero-order chi connectivity index (χ0) is 37.0. The van der Waals surface area contributed by atoms with Gasteiger partial charge in [0, 0.05) is 38.2 Å². The van der Waals surface area contributed by atoms with Gasteiger partial charge in [-0.25, -0.2) is 4.68 Å². The molecular formula is C38H49N7O7. The number of carbonyl (C=O) groups excluding carboxylic acids is 5. The highest BCUT2D eigenvalue weighted by Crippen LogP contribution is 2.34. The molecule has 3 aliphatic rings. The van der Waals surface area contributed by atoms with Gasteiger partial charge in [-0.1, -0.05) is 67.6 Å². The number of primary amides is 1. The van der Waals surface area contributed by atoms with Crippen LogP contribution in [0.25, 0.3) is 10.8 Å². The van der Waals surface area contributed by atoms with Gasteiger partial charge in [-0.05, 0) is 61.9 Å². The summed E-state index contributed by atoms with van der Waals surface area (Å²) in [6.07, 6.45) is 7.56. The van der Waals surface area contributed by atoms with E-state index in [0.29, 0.717) is 30.7 Å². The highest BCUT2D eigenvalue weighted by molar-refractivity contribution is 6.39. The molecule has 1 aromatic heterocycles. The summed E-state index contributed by atoms with van der Waals surface area (Å²) in [7, 11) is 0. The number of carbonyl (C=O) groups is 5. The van der Waals surface area contributed by atoms with Crippen molar-refractivity contribution in [3.8, 4) is 0 Å². The number of fused-ring (bicyclic) bond motifs is 1. The molecule has 1 saturated carbocycles. The molecule has 2 aromatic carbocycles. The minimum absolute atomic E-state index is 0.0241. The van der Waals surface area contributed by atoms with E-state index >= 15 is 0 Å². The van der Waals surface area contributed by atoms with Gasteiger partial charge in [0.15, 0.2) is 0 Å². The van der Waals surface area contributed by atoms with Crippen molar-refractivity contribution >= 4 is 40.2 Å². The molecule has 14 heteroatoms. The van der Waals surface area contributed by atoms with Crippen LogP contribution in [0.2, 0.25) is 0 Å². The molecule has 4 amide bonds. The van der Waals surface area contributed by atoms with Crippen LogP contribution >= 0.6 is 0 Å². The van der Waals surface area contributed by atoms with Crippen molar-refractivity contribution in [2.45, 2.75) is 107 Å². The molecule has 3 heterocycles. The number of amides is 4. The predicted molar refractivity (Wildman–Crippen MR) is 191 cm³/mol. The van der Waals surface area contributed by atoms with Crippen LogP contribution in [0.15, 0.2) is 48.7 Å². The Labute approximate surface area is 302 Å². The van der Waals surface area contributed by atoms with E-state index in [9.17, 15) is 29.1 Å². The fourth-order valence-corrected chi connectivity index (χ4v) is 8.10. The SMILES string of the molecule is CC(C)(O)c1cnnn1[C@H]1C[C@@H](C(=O)N[C@]2(C(=O)C(N)=O)CCCOCC2)N(C(=O)C(CC2CCCCC2)NC(=O)c2ccc3ccccc3c2)C1. The average molecular weight is 716 g/mol. The van der Waals surface area contributed by atoms with Crippen LogP contribution in [0.3, 0.4) is 0 Å². The van der Waals surface area contributed by atoms with Crippen molar-refractivity contribution in [3.05, 3.63) is 59.9 Å². The number of ether oxygens (including phenoxy) is 1.